The van der Waals surface area contributed by atoms with Gasteiger partial charge < -0.3 is 25.2 Å². The Balaban J connectivity index is 1.75. The minimum atomic E-state index is -1.38. The summed E-state index contributed by atoms with van der Waals surface area (Å²) in [5.41, 5.74) is 6.83. The summed E-state index contributed by atoms with van der Waals surface area (Å²) in [4.78, 5) is 0. The number of aliphatic hydroxyl groups excluding tert-OH is 4. The first-order valence-corrected chi connectivity index (χ1v) is 10.5. The molecule has 5 atom stereocenters. The Morgan fingerprint density at radius 2 is 1.69 bits per heavy atom. The number of fused-ring (bicyclic) bond motifs is 1. The van der Waals surface area contributed by atoms with Crippen molar-refractivity contribution in [3.63, 3.8) is 0 Å². The molecule has 0 radical (unpaired) electrons. The van der Waals surface area contributed by atoms with E-state index < -0.39 is 37.1 Å². The normalized spacial score (nSPS) is 29.1. The van der Waals surface area contributed by atoms with Crippen molar-refractivity contribution in [2.24, 2.45) is 0 Å². The molecule has 1 aliphatic carbocycles. The molecule has 5 nitrogen and oxygen atoms in total. The van der Waals surface area contributed by atoms with Gasteiger partial charge in [0.1, 0.15) is 30.5 Å². The fourth-order valence-electron chi connectivity index (χ4n) is 4.70. The van der Waals surface area contributed by atoms with Crippen LogP contribution in [0.1, 0.15) is 45.9 Å². The van der Waals surface area contributed by atoms with Crippen LogP contribution in [0.4, 0.5) is 0 Å². The first-order chi connectivity index (χ1) is 13.9. The van der Waals surface area contributed by atoms with Gasteiger partial charge in [-0.15, -0.1) is 0 Å². The average Bonchev–Trinajstić information content (AvgIpc) is 3.21. The van der Waals surface area contributed by atoms with E-state index in [0.717, 1.165) is 42.4 Å². The van der Waals surface area contributed by atoms with E-state index in [0.29, 0.717) is 5.02 Å². The number of hydrogen-bond acceptors (Lipinski definition) is 5. The first-order valence-electron chi connectivity index (χ1n) is 10.1. The van der Waals surface area contributed by atoms with E-state index in [1.54, 1.807) is 0 Å². The van der Waals surface area contributed by atoms with Gasteiger partial charge in [0.25, 0.3) is 0 Å². The van der Waals surface area contributed by atoms with Crippen LogP contribution in [-0.2, 0) is 24.0 Å². The predicted molar refractivity (Wildman–Crippen MR) is 110 cm³/mol. The quantitative estimate of drug-likeness (QED) is 0.611. The lowest BCUT2D eigenvalue weighted by atomic mass is 9.84. The third-order valence-corrected chi connectivity index (χ3v) is 6.58. The highest BCUT2D eigenvalue weighted by atomic mass is 35.5. The van der Waals surface area contributed by atoms with Crippen molar-refractivity contribution in [1.29, 1.82) is 0 Å². The first kappa shape index (κ1) is 20.8. The van der Waals surface area contributed by atoms with Crippen molar-refractivity contribution in [3.05, 3.63) is 68.7 Å². The van der Waals surface area contributed by atoms with E-state index in [1.807, 2.05) is 31.2 Å². The number of benzene rings is 2. The molecule has 0 spiro atoms. The summed E-state index contributed by atoms with van der Waals surface area (Å²) >= 11 is 6.02. The molecule has 29 heavy (non-hydrogen) atoms. The van der Waals surface area contributed by atoms with Gasteiger partial charge in [0.15, 0.2) is 0 Å². The molecule has 0 saturated carbocycles. The van der Waals surface area contributed by atoms with E-state index in [4.69, 9.17) is 16.3 Å². The second-order valence-electron chi connectivity index (χ2n) is 8.11. The molecule has 1 aliphatic heterocycles. The Morgan fingerprint density at radius 3 is 2.38 bits per heavy atom. The monoisotopic (exact) mass is 418 g/mol. The number of halogens is 1. The van der Waals surface area contributed by atoms with E-state index >= 15 is 0 Å². The van der Waals surface area contributed by atoms with Gasteiger partial charge >= 0.3 is 0 Å². The van der Waals surface area contributed by atoms with Crippen molar-refractivity contribution in [2.45, 2.75) is 63.1 Å². The van der Waals surface area contributed by atoms with E-state index in [2.05, 4.69) is 6.07 Å². The molecule has 1 heterocycles. The van der Waals surface area contributed by atoms with Gasteiger partial charge in [0, 0.05) is 5.02 Å². The van der Waals surface area contributed by atoms with Crippen molar-refractivity contribution >= 4 is 11.6 Å². The maximum Gasteiger partial charge on any atom is 0.113 e. The molecule has 1 saturated heterocycles. The Bertz CT molecular complexity index is 880. The standard InChI is InChI=1S/C23H27ClO5/c1-12-16-3-2-4-17(16)14(9-13-5-7-15(24)8-6-13)10-18(12)23-22(28)21(27)20(26)19(11-25)29-23/h5-8,10,19-23,25-28H,2-4,9,11H2,1H3/t19-,20+,21+,22+,23+/m1/s1. The fraction of sp³-hybridized carbons (Fsp3) is 0.478. The van der Waals surface area contributed by atoms with Gasteiger partial charge in [-0.05, 0) is 78.1 Å². The van der Waals surface area contributed by atoms with Crippen LogP contribution in [0.15, 0.2) is 30.3 Å². The average molecular weight is 419 g/mol. The summed E-state index contributed by atoms with van der Waals surface area (Å²) in [6.45, 7) is 1.59. The van der Waals surface area contributed by atoms with Crippen LogP contribution in [0.2, 0.25) is 5.02 Å². The fourth-order valence-corrected chi connectivity index (χ4v) is 4.83. The summed E-state index contributed by atoms with van der Waals surface area (Å²) in [7, 11) is 0. The Hall–Kier alpha value is -1.47. The largest absolute Gasteiger partial charge is 0.394 e. The molecule has 2 aliphatic rings. The molecule has 2 aromatic carbocycles. The number of hydrogen-bond donors (Lipinski definition) is 4. The van der Waals surface area contributed by atoms with E-state index in [1.165, 1.54) is 16.7 Å². The predicted octanol–water partition coefficient (Wildman–Crippen LogP) is 2.24. The van der Waals surface area contributed by atoms with Crippen molar-refractivity contribution in [2.75, 3.05) is 6.61 Å². The smallest absolute Gasteiger partial charge is 0.113 e. The molecule has 0 aromatic heterocycles. The maximum absolute atomic E-state index is 10.6. The van der Waals surface area contributed by atoms with Gasteiger partial charge in [0.05, 0.1) is 6.61 Å². The molecule has 1 fully saturated rings. The third kappa shape index (κ3) is 3.83. The molecule has 2 aromatic rings. The van der Waals surface area contributed by atoms with Crippen LogP contribution in [0.25, 0.3) is 0 Å². The summed E-state index contributed by atoms with van der Waals surface area (Å²) in [5, 5.41) is 41.2. The van der Waals surface area contributed by atoms with Crippen molar-refractivity contribution in [1.82, 2.24) is 0 Å². The molecule has 0 amide bonds. The molecule has 4 rings (SSSR count). The molecule has 156 valence electrons. The Kier molecular flexibility index (Phi) is 5.98. The van der Waals surface area contributed by atoms with Gasteiger partial charge in [-0.2, -0.15) is 0 Å². The lowest BCUT2D eigenvalue weighted by Crippen LogP contribution is -2.55. The van der Waals surface area contributed by atoms with Crippen LogP contribution in [0, 0.1) is 6.92 Å². The summed E-state index contributed by atoms with van der Waals surface area (Å²) in [6, 6.07) is 9.84. The van der Waals surface area contributed by atoms with E-state index in [9.17, 15) is 20.4 Å². The van der Waals surface area contributed by atoms with Crippen LogP contribution in [0.5, 0.6) is 0 Å². The molecule has 0 unspecified atom stereocenters. The highest BCUT2D eigenvalue weighted by molar-refractivity contribution is 6.30. The lowest BCUT2D eigenvalue weighted by Gasteiger charge is -2.41. The van der Waals surface area contributed by atoms with Gasteiger partial charge in [-0.25, -0.2) is 0 Å². The Morgan fingerprint density at radius 1 is 1.00 bits per heavy atom. The van der Waals surface area contributed by atoms with Crippen LogP contribution in [-0.4, -0.2) is 51.4 Å². The summed E-state index contributed by atoms with van der Waals surface area (Å²) < 4.78 is 5.85. The van der Waals surface area contributed by atoms with Crippen LogP contribution >= 0.6 is 11.6 Å². The number of aliphatic hydroxyl groups is 4. The minimum absolute atomic E-state index is 0.428. The zero-order chi connectivity index (χ0) is 20.7. The highest BCUT2D eigenvalue weighted by Gasteiger charge is 2.44. The highest BCUT2D eigenvalue weighted by Crippen LogP contribution is 2.39. The molecule has 6 heteroatoms. The number of ether oxygens (including phenoxy) is 1. The number of rotatable bonds is 4. The van der Waals surface area contributed by atoms with Crippen LogP contribution in [0.3, 0.4) is 0 Å². The van der Waals surface area contributed by atoms with Crippen molar-refractivity contribution < 1.29 is 25.2 Å². The SMILES string of the molecule is Cc1c([C@@H]2O[C@H](CO)[C@H](O)[C@H](O)[C@@H]2O)cc(Cc2ccc(Cl)cc2)c2c1CCC2. The zero-order valence-corrected chi connectivity index (χ0v) is 17.1. The van der Waals surface area contributed by atoms with Gasteiger partial charge in [-0.3, -0.25) is 0 Å². The Labute approximate surface area is 175 Å². The van der Waals surface area contributed by atoms with E-state index in [-0.39, 0.29) is 0 Å². The molecule has 0 bridgehead atoms. The van der Waals surface area contributed by atoms with Crippen LogP contribution < -0.4 is 0 Å². The maximum atomic E-state index is 10.6. The minimum Gasteiger partial charge on any atom is -0.394 e. The molecule has 4 N–H and O–H groups in total. The summed E-state index contributed by atoms with van der Waals surface area (Å²) in [5.74, 6) is 0. The topological polar surface area (TPSA) is 90.2 Å². The van der Waals surface area contributed by atoms with Crippen molar-refractivity contribution in [3.8, 4) is 0 Å². The second kappa shape index (κ2) is 8.34. The molecular weight excluding hydrogens is 392 g/mol. The second-order valence-corrected chi connectivity index (χ2v) is 8.55. The zero-order valence-electron chi connectivity index (χ0n) is 16.4. The van der Waals surface area contributed by atoms with Gasteiger partial charge in [-0.1, -0.05) is 29.8 Å². The summed E-state index contributed by atoms with van der Waals surface area (Å²) in [6.07, 6.45) is -1.89. The molecular formula is C23H27ClO5. The third-order valence-electron chi connectivity index (χ3n) is 6.33. The van der Waals surface area contributed by atoms with Gasteiger partial charge in [0.2, 0.25) is 0 Å². The lowest BCUT2D eigenvalue weighted by molar-refractivity contribution is -0.231.